The van der Waals surface area contributed by atoms with Crippen molar-refractivity contribution in [3.8, 4) is 0 Å². The number of carbonyl (C=O) groups excluding carboxylic acids is 1. The minimum Gasteiger partial charge on any atom is -0.461 e. The molecule has 1 N–H and O–H groups in total. The van der Waals surface area contributed by atoms with Crippen molar-refractivity contribution in [3.63, 3.8) is 0 Å². The van der Waals surface area contributed by atoms with Crippen LogP contribution in [0.3, 0.4) is 0 Å². The Morgan fingerprint density at radius 3 is 2.56 bits per heavy atom. The van der Waals surface area contributed by atoms with Gasteiger partial charge in [-0.2, -0.15) is 0 Å². The highest BCUT2D eigenvalue weighted by molar-refractivity contribution is 5.66. The SMILES string of the molecule is CC(=O)O[C@@H]1[C@@H]2C(C)=CC=C[C@]2(C)CC[C@H]2[C@@]1(C)CC[C@]2(O)C(C)C. The van der Waals surface area contributed by atoms with Crippen molar-refractivity contribution in [2.75, 3.05) is 0 Å². The number of aliphatic hydroxyl groups is 1. The second-order valence-corrected chi connectivity index (χ2v) is 9.53. The Labute approximate surface area is 152 Å². The van der Waals surface area contributed by atoms with Crippen molar-refractivity contribution in [2.45, 2.75) is 78.9 Å². The lowest BCUT2D eigenvalue weighted by atomic mass is 9.62. The van der Waals surface area contributed by atoms with Crippen LogP contribution in [0.25, 0.3) is 0 Å². The Balaban J connectivity index is 2.13. The standard InChI is InChI=1S/C22H34O3/c1-14(2)22(24)13-12-21(6)17(22)9-11-20(5)10-7-8-15(3)18(20)19(21)25-16(4)23/h7-8,10,14,17-19,24H,9,11-13H2,1-6H3/t17-,18-,19+,20+,21+,22-/m0/s1. The van der Waals surface area contributed by atoms with E-state index in [1.165, 1.54) is 12.5 Å². The third kappa shape index (κ3) is 2.70. The molecule has 0 saturated heterocycles. The van der Waals surface area contributed by atoms with Crippen LogP contribution in [0.15, 0.2) is 23.8 Å². The first-order valence-corrected chi connectivity index (χ1v) is 9.80. The zero-order chi connectivity index (χ0) is 18.6. The molecule has 0 aromatic heterocycles. The largest absolute Gasteiger partial charge is 0.461 e. The van der Waals surface area contributed by atoms with Crippen LogP contribution < -0.4 is 0 Å². The maximum Gasteiger partial charge on any atom is 0.302 e. The topological polar surface area (TPSA) is 46.5 Å². The van der Waals surface area contributed by atoms with Crippen molar-refractivity contribution in [3.05, 3.63) is 23.8 Å². The van der Waals surface area contributed by atoms with Gasteiger partial charge >= 0.3 is 5.97 Å². The van der Waals surface area contributed by atoms with E-state index in [2.05, 4.69) is 52.8 Å². The van der Waals surface area contributed by atoms with Crippen molar-refractivity contribution < 1.29 is 14.6 Å². The highest BCUT2D eigenvalue weighted by Gasteiger charge is 2.63. The first-order chi connectivity index (χ1) is 11.5. The smallest absolute Gasteiger partial charge is 0.302 e. The Bertz CT molecular complexity index is 619. The van der Waals surface area contributed by atoms with Crippen LogP contribution in [0.5, 0.6) is 0 Å². The summed E-state index contributed by atoms with van der Waals surface area (Å²) in [5.74, 6) is 0.341. The maximum absolute atomic E-state index is 12.0. The molecule has 0 bridgehead atoms. The van der Waals surface area contributed by atoms with E-state index >= 15 is 0 Å². The minimum atomic E-state index is -0.668. The van der Waals surface area contributed by atoms with Gasteiger partial charge in [0, 0.05) is 18.3 Å². The van der Waals surface area contributed by atoms with Gasteiger partial charge in [-0.25, -0.2) is 0 Å². The number of fused-ring (bicyclic) bond motifs is 2. The molecule has 3 aliphatic carbocycles. The molecule has 3 nitrogen and oxygen atoms in total. The molecule has 3 aliphatic rings. The number of ether oxygens (including phenoxy) is 1. The molecule has 0 aromatic rings. The Kier molecular flexibility index (Phi) is 4.47. The van der Waals surface area contributed by atoms with Gasteiger partial charge in [0.1, 0.15) is 6.10 Å². The van der Waals surface area contributed by atoms with E-state index in [1.807, 2.05) is 0 Å². The van der Waals surface area contributed by atoms with Crippen molar-refractivity contribution in [2.24, 2.45) is 28.6 Å². The van der Waals surface area contributed by atoms with E-state index in [4.69, 9.17) is 4.74 Å². The number of rotatable bonds is 2. The number of esters is 1. The molecule has 140 valence electrons. The fraction of sp³-hybridized carbons (Fsp3) is 0.773. The number of hydrogen-bond donors (Lipinski definition) is 1. The van der Waals surface area contributed by atoms with Crippen LogP contribution >= 0.6 is 0 Å². The molecule has 0 heterocycles. The van der Waals surface area contributed by atoms with Gasteiger partial charge in [0.05, 0.1) is 5.60 Å². The van der Waals surface area contributed by atoms with E-state index in [1.54, 1.807) is 0 Å². The van der Waals surface area contributed by atoms with Gasteiger partial charge in [0.25, 0.3) is 0 Å². The quantitative estimate of drug-likeness (QED) is 0.740. The minimum absolute atomic E-state index is 0.0236. The van der Waals surface area contributed by atoms with Crippen LogP contribution in [0.1, 0.15) is 67.2 Å². The normalized spacial score (nSPS) is 46.2. The number of hydrogen-bond acceptors (Lipinski definition) is 3. The fourth-order valence-corrected chi connectivity index (χ4v) is 6.19. The van der Waals surface area contributed by atoms with E-state index < -0.39 is 5.60 Å². The van der Waals surface area contributed by atoms with Crippen LogP contribution in [-0.2, 0) is 9.53 Å². The molecule has 25 heavy (non-hydrogen) atoms. The third-order valence-electron chi connectivity index (χ3n) is 7.72. The van der Waals surface area contributed by atoms with Gasteiger partial charge in [0.15, 0.2) is 0 Å². The number of allylic oxidation sites excluding steroid dienone is 3. The second kappa shape index (κ2) is 5.97. The summed E-state index contributed by atoms with van der Waals surface area (Å²) in [6.07, 6.45) is 10.1. The Morgan fingerprint density at radius 1 is 1.28 bits per heavy atom. The predicted molar refractivity (Wildman–Crippen MR) is 99.9 cm³/mol. The van der Waals surface area contributed by atoms with E-state index in [9.17, 15) is 9.90 Å². The highest BCUT2D eigenvalue weighted by atomic mass is 16.5. The molecule has 0 unspecified atom stereocenters. The summed E-state index contributed by atoms with van der Waals surface area (Å²) in [5.41, 5.74) is 0.411. The zero-order valence-electron chi connectivity index (χ0n) is 16.6. The monoisotopic (exact) mass is 346 g/mol. The van der Waals surface area contributed by atoms with Gasteiger partial charge in [-0.1, -0.05) is 51.5 Å². The molecular formula is C22H34O3. The predicted octanol–water partition coefficient (Wildman–Crippen LogP) is 4.65. The van der Waals surface area contributed by atoms with Gasteiger partial charge in [-0.3, -0.25) is 4.79 Å². The first kappa shape index (κ1) is 18.7. The summed E-state index contributed by atoms with van der Waals surface area (Å²) in [6.45, 7) is 12.5. The van der Waals surface area contributed by atoms with Gasteiger partial charge < -0.3 is 9.84 Å². The van der Waals surface area contributed by atoms with Crippen molar-refractivity contribution in [1.29, 1.82) is 0 Å². The van der Waals surface area contributed by atoms with Crippen LogP contribution in [0, 0.1) is 28.6 Å². The summed E-state index contributed by atoms with van der Waals surface area (Å²) in [5, 5.41) is 11.5. The molecule has 3 heteroatoms. The average Bonchev–Trinajstić information content (AvgIpc) is 2.72. The first-order valence-electron chi connectivity index (χ1n) is 9.80. The van der Waals surface area contributed by atoms with E-state index in [-0.39, 0.29) is 40.7 Å². The Hall–Kier alpha value is -1.09. The van der Waals surface area contributed by atoms with Crippen LogP contribution in [0.4, 0.5) is 0 Å². The average molecular weight is 347 g/mol. The lowest BCUT2D eigenvalue weighted by Gasteiger charge is -2.47. The summed E-state index contributed by atoms with van der Waals surface area (Å²) >= 11 is 0. The van der Waals surface area contributed by atoms with Crippen LogP contribution in [0.2, 0.25) is 0 Å². The summed E-state index contributed by atoms with van der Waals surface area (Å²) < 4.78 is 6.04. The van der Waals surface area contributed by atoms with E-state index in [0.29, 0.717) is 0 Å². The van der Waals surface area contributed by atoms with Gasteiger partial charge in [0.2, 0.25) is 0 Å². The molecule has 0 spiro atoms. The summed E-state index contributed by atoms with van der Waals surface area (Å²) in [4.78, 5) is 12.0. The van der Waals surface area contributed by atoms with Crippen LogP contribution in [-0.4, -0.2) is 22.8 Å². The van der Waals surface area contributed by atoms with Gasteiger partial charge in [-0.05, 0) is 49.9 Å². The number of carbonyl (C=O) groups is 1. The van der Waals surface area contributed by atoms with Crippen molar-refractivity contribution in [1.82, 2.24) is 0 Å². The zero-order valence-corrected chi connectivity index (χ0v) is 16.6. The second-order valence-electron chi connectivity index (χ2n) is 9.53. The fourth-order valence-electron chi connectivity index (χ4n) is 6.19. The molecule has 2 saturated carbocycles. The molecule has 2 fully saturated rings. The molecular weight excluding hydrogens is 312 g/mol. The molecule has 6 atom stereocenters. The molecule has 0 aliphatic heterocycles. The lowest BCUT2D eigenvalue weighted by molar-refractivity contribution is -0.164. The maximum atomic E-state index is 12.0. The van der Waals surface area contributed by atoms with Crippen molar-refractivity contribution >= 4 is 5.97 Å². The lowest BCUT2D eigenvalue weighted by Crippen LogP contribution is -2.50. The third-order valence-corrected chi connectivity index (χ3v) is 7.72. The van der Waals surface area contributed by atoms with Gasteiger partial charge in [-0.15, -0.1) is 0 Å². The van der Waals surface area contributed by atoms with E-state index in [0.717, 1.165) is 25.7 Å². The molecule has 3 rings (SSSR count). The highest BCUT2D eigenvalue weighted by Crippen LogP contribution is 2.63. The Morgan fingerprint density at radius 2 is 1.96 bits per heavy atom. The summed E-state index contributed by atoms with van der Waals surface area (Å²) in [6, 6.07) is 0. The molecule has 0 aromatic carbocycles. The molecule has 0 radical (unpaired) electrons. The molecule has 0 amide bonds. The summed E-state index contributed by atoms with van der Waals surface area (Å²) in [7, 11) is 0.